The quantitative estimate of drug-likeness (QED) is 0.275. The molecule has 5 heterocycles. The van der Waals surface area contributed by atoms with Crippen LogP contribution in [0.15, 0.2) is 36.7 Å². The molecule has 206 valence electrons. The fraction of sp³-hybridized carbons (Fsp3) is 0.200. The fourth-order valence-corrected chi connectivity index (χ4v) is 5.38. The topological polar surface area (TPSA) is 110 Å². The van der Waals surface area contributed by atoms with E-state index in [-0.39, 0.29) is 34.0 Å². The Morgan fingerprint density at radius 3 is 2.55 bits per heavy atom. The monoisotopic (exact) mass is 608 g/mol. The Morgan fingerprint density at radius 2 is 1.85 bits per heavy atom. The van der Waals surface area contributed by atoms with Crippen LogP contribution in [0, 0.1) is 6.92 Å². The molecule has 4 aromatic rings. The predicted molar refractivity (Wildman–Crippen MR) is 142 cm³/mol. The lowest BCUT2D eigenvalue weighted by atomic mass is 10.0. The Morgan fingerprint density at radius 1 is 1.07 bits per heavy atom. The number of fused-ring (bicyclic) bond motifs is 1. The number of aryl methyl sites for hydroxylation is 1. The van der Waals surface area contributed by atoms with Gasteiger partial charge in [0.2, 0.25) is 0 Å². The normalized spacial score (nSPS) is 12.8. The van der Waals surface area contributed by atoms with Crippen molar-refractivity contribution >= 4 is 51.5 Å². The Hall–Kier alpha value is -3.81. The minimum Gasteiger partial charge on any atom is -0.494 e. The van der Waals surface area contributed by atoms with E-state index in [2.05, 4.69) is 25.3 Å². The number of methoxy groups -OCH3 is 1. The molecule has 4 aromatic heterocycles. The molecule has 5 rings (SSSR count). The molecule has 0 saturated carbocycles. The molecule has 0 saturated heterocycles. The second kappa shape index (κ2) is 10.6. The Kier molecular flexibility index (Phi) is 7.38. The van der Waals surface area contributed by atoms with Crippen LogP contribution in [0.4, 0.5) is 18.3 Å². The highest BCUT2D eigenvalue weighted by molar-refractivity contribution is 7.16. The highest BCUT2D eigenvalue weighted by atomic mass is 35.5. The van der Waals surface area contributed by atoms with Gasteiger partial charge in [0.15, 0.2) is 5.13 Å². The lowest BCUT2D eigenvalue weighted by Crippen LogP contribution is -2.27. The van der Waals surface area contributed by atoms with Crippen LogP contribution >= 0.6 is 34.5 Å². The van der Waals surface area contributed by atoms with E-state index in [9.17, 15) is 22.8 Å². The van der Waals surface area contributed by atoms with Gasteiger partial charge in [-0.15, -0.1) is 0 Å². The van der Waals surface area contributed by atoms with Crippen LogP contribution in [-0.4, -0.2) is 43.8 Å². The number of hydrogen-bond acceptors (Lipinski definition) is 8. The van der Waals surface area contributed by atoms with Gasteiger partial charge in [-0.05, 0) is 31.2 Å². The summed E-state index contributed by atoms with van der Waals surface area (Å²) >= 11 is 13.2. The number of anilines is 1. The third-order valence-corrected chi connectivity index (χ3v) is 7.44. The minimum atomic E-state index is -4.72. The molecule has 2 amide bonds. The van der Waals surface area contributed by atoms with E-state index in [0.29, 0.717) is 39.2 Å². The van der Waals surface area contributed by atoms with Crippen LogP contribution in [0.25, 0.3) is 11.1 Å². The van der Waals surface area contributed by atoms with Crippen molar-refractivity contribution in [2.24, 2.45) is 0 Å². The molecule has 0 bridgehead atoms. The van der Waals surface area contributed by atoms with Crippen molar-refractivity contribution in [1.82, 2.24) is 24.8 Å². The highest BCUT2D eigenvalue weighted by Gasteiger charge is 2.35. The second-order valence-electron chi connectivity index (χ2n) is 8.61. The largest absolute Gasteiger partial charge is 0.494 e. The summed E-state index contributed by atoms with van der Waals surface area (Å²) in [5.74, 6) is -0.831. The van der Waals surface area contributed by atoms with Gasteiger partial charge in [-0.3, -0.25) is 19.9 Å². The number of nitrogens with zero attached hydrogens (tertiary/aromatic N) is 5. The lowest BCUT2D eigenvalue weighted by Gasteiger charge is -2.17. The summed E-state index contributed by atoms with van der Waals surface area (Å²) in [5.41, 5.74) is 0.772. The van der Waals surface area contributed by atoms with Crippen molar-refractivity contribution < 1.29 is 27.5 Å². The standard InChI is InChI=1S/C25H17Cl2F3N6O3S/c1-11-5-12(13-6-20(27)32-8-17(13)39-2)14(7-31-11)22(37)35-24-33-16-9-36(10-18(16)40-24)23(38)21-15(26)3-4-19(34-21)25(28,29)30/h3-8H,9-10H2,1-2H3,(H,33,35,37). The molecule has 0 unspecified atom stereocenters. The van der Waals surface area contributed by atoms with E-state index >= 15 is 0 Å². The molecule has 15 heteroatoms. The van der Waals surface area contributed by atoms with E-state index in [1.807, 2.05) is 0 Å². The zero-order chi connectivity index (χ0) is 28.8. The van der Waals surface area contributed by atoms with Crippen molar-refractivity contribution in [2.75, 3.05) is 12.4 Å². The van der Waals surface area contributed by atoms with Crippen LogP contribution in [0.5, 0.6) is 5.75 Å². The first-order chi connectivity index (χ1) is 18.9. The molecule has 9 nitrogen and oxygen atoms in total. The molecule has 0 fully saturated rings. The number of carbonyl (C=O) groups is 2. The third-order valence-electron chi connectivity index (χ3n) is 5.93. The van der Waals surface area contributed by atoms with Gasteiger partial charge < -0.3 is 9.64 Å². The van der Waals surface area contributed by atoms with E-state index in [1.165, 1.54) is 24.4 Å². The smallest absolute Gasteiger partial charge is 0.433 e. The van der Waals surface area contributed by atoms with E-state index in [0.717, 1.165) is 17.4 Å². The van der Waals surface area contributed by atoms with Gasteiger partial charge in [-0.1, -0.05) is 34.5 Å². The summed E-state index contributed by atoms with van der Waals surface area (Å²) < 4.78 is 44.6. The predicted octanol–water partition coefficient (Wildman–Crippen LogP) is 6.05. The molecule has 1 aliphatic heterocycles. The maximum absolute atomic E-state index is 13.3. The van der Waals surface area contributed by atoms with Gasteiger partial charge in [-0.25, -0.2) is 15.0 Å². The van der Waals surface area contributed by atoms with Crippen molar-refractivity contribution in [2.45, 2.75) is 26.2 Å². The van der Waals surface area contributed by atoms with Crippen LogP contribution in [0.1, 0.15) is 42.8 Å². The van der Waals surface area contributed by atoms with Gasteiger partial charge in [0.25, 0.3) is 11.8 Å². The van der Waals surface area contributed by atoms with E-state index in [4.69, 9.17) is 27.9 Å². The molecular formula is C25H17Cl2F3N6O3S. The average molecular weight is 609 g/mol. The molecule has 1 aliphatic rings. The molecule has 1 N–H and O–H groups in total. The van der Waals surface area contributed by atoms with E-state index in [1.54, 1.807) is 19.1 Å². The van der Waals surface area contributed by atoms with Gasteiger partial charge in [-0.2, -0.15) is 13.2 Å². The number of aromatic nitrogens is 4. The first-order valence-electron chi connectivity index (χ1n) is 11.4. The maximum atomic E-state index is 13.3. The summed E-state index contributed by atoms with van der Waals surface area (Å²) in [6.07, 6.45) is -1.84. The van der Waals surface area contributed by atoms with Crippen LogP contribution in [0.3, 0.4) is 0 Å². The number of carbonyl (C=O) groups excluding carboxylic acids is 2. The number of pyridine rings is 3. The van der Waals surface area contributed by atoms with E-state index < -0.39 is 29.4 Å². The number of hydrogen-bond donors (Lipinski definition) is 1. The molecule has 0 atom stereocenters. The number of ether oxygens (including phenoxy) is 1. The number of nitrogens with one attached hydrogen (secondary N) is 1. The van der Waals surface area contributed by atoms with Gasteiger partial charge in [0, 0.05) is 23.0 Å². The van der Waals surface area contributed by atoms with Crippen molar-refractivity contribution in [1.29, 1.82) is 0 Å². The first kappa shape index (κ1) is 27.7. The first-order valence-corrected chi connectivity index (χ1v) is 13.0. The van der Waals surface area contributed by atoms with Crippen LogP contribution < -0.4 is 10.1 Å². The van der Waals surface area contributed by atoms with Crippen molar-refractivity contribution in [3.8, 4) is 16.9 Å². The zero-order valence-electron chi connectivity index (χ0n) is 20.6. The van der Waals surface area contributed by atoms with Crippen LogP contribution in [-0.2, 0) is 19.3 Å². The molecule has 0 aromatic carbocycles. The Bertz CT molecular complexity index is 1640. The molecule has 0 radical (unpaired) electrons. The number of halogens is 5. The summed E-state index contributed by atoms with van der Waals surface area (Å²) in [6, 6.07) is 5.01. The second-order valence-corrected chi connectivity index (χ2v) is 10.5. The van der Waals surface area contributed by atoms with Gasteiger partial charge in [0.05, 0.1) is 47.6 Å². The number of thiazole rings is 1. The summed E-state index contributed by atoms with van der Waals surface area (Å²) in [4.78, 5) is 44.3. The molecule has 0 aliphatic carbocycles. The zero-order valence-corrected chi connectivity index (χ0v) is 23.0. The lowest BCUT2D eigenvalue weighted by molar-refractivity contribution is -0.141. The van der Waals surface area contributed by atoms with Gasteiger partial charge >= 0.3 is 6.18 Å². The highest BCUT2D eigenvalue weighted by Crippen LogP contribution is 2.36. The molecule has 40 heavy (non-hydrogen) atoms. The Labute approximate surface area is 239 Å². The third kappa shape index (κ3) is 5.44. The number of rotatable bonds is 5. The number of amides is 2. The number of alkyl halides is 3. The summed E-state index contributed by atoms with van der Waals surface area (Å²) in [7, 11) is 1.48. The van der Waals surface area contributed by atoms with Crippen molar-refractivity contribution in [3.63, 3.8) is 0 Å². The fourth-order valence-electron chi connectivity index (χ4n) is 4.06. The Balaban J connectivity index is 1.35. The van der Waals surface area contributed by atoms with Crippen LogP contribution in [0.2, 0.25) is 10.2 Å². The minimum absolute atomic E-state index is 0.0127. The maximum Gasteiger partial charge on any atom is 0.433 e. The molecule has 0 spiro atoms. The van der Waals surface area contributed by atoms with Gasteiger partial charge in [0.1, 0.15) is 22.3 Å². The van der Waals surface area contributed by atoms with Crippen molar-refractivity contribution in [3.05, 3.63) is 80.1 Å². The summed E-state index contributed by atoms with van der Waals surface area (Å²) in [6.45, 7) is 1.86. The molecular weight excluding hydrogens is 592 g/mol. The summed E-state index contributed by atoms with van der Waals surface area (Å²) in [5, 5.41) is 3.06. The SMILES string of the molecule is COc1cnc(Cl)cc1-c1cc(C)ncc1C(=O)Nc1nc2c(s1)CN(C(=O)c1nc(C(F)(F)F)ccc1Cl)C2. The average Bonchev–Trinajstić information content (AvgIpc) is 3.46.